The normalized spacial score (nSPS) is 12.8. The number of rotatable bonds is 3. The summed E-state index contributed by atoms with van der Waals surface area (Å²) in [5, 5.41) is 19.4. The maximum atomic E-state index is 10.5. The zero-order valence-electron chi connectivity index (χ0n) is 7.17. The molecule has 0 aliphatic heterocycles. The summed E-state index contributed by atoms with van der Waals surface area (Å²) in [5.74, 6) is 0.370. The molecular formula is C7H10N3O3. The van der Waals surface area contributed by atoms with Gasteiger partial charge in [-0.25, -0.2) is 9.55 Å². The van der Waals surface area contributed by atoms with Gasteiger partial charge in [0.05, 0.1) is 6.10 Å². The molecule has 1 heterocycles. The van der Waals surface area contributed by atoms with Gasteiger partial charge in [0.1, 0.15) is 12.7 Å². The summed E-state index contributed by atoms with van der Waals surface area (Å²) in [7, 11) is 0. The lowest BCUT2D eigenvalue weighted by atomic mass is 10.4. The second-order valence-electron chi connectivity index (χ2n) is 2.69. The molecule has 71 valence electrons. The molecule has 13 heavy (non-hydrogen) atoms. The zero-order chi connectivity index (χ0) is 10.0. The molecule has 6 heteroatoms. The number of aliphatic hydroxyl groups excluding tert-OH is 1. The molecular weight excluding hydrogens is 174 g/mol. The second kappa shape index (κ2) is 3.53. The van der Waals surface area contributed by atoms with Crippen LogP contribution in [0.1, 0.15) is 5.82 Å². The topological polar surface area (TPSA) is 81.2 Å². The Bertz CT molecular complexity index is 319. The molecule has 0 saturated carbocycles. The number of aliphatic hydroxyl groups is 1. The van der Waals surface area contributed by atoms with E-state index in [-0.39, 0.29) is 12.4 Å². The van der Waals surface area contributed by atoms with Gasteiger partial charge in [-0.15, -0.1) is 0 Å². The predicted octanol–water partition coefficient (Wildman–Crippen LogP) is 0.295. The Morgan fingerprint density at radius 1 is 1.92 bits per heavy atom. The van der Waals surface area contributed by atoms with Crippen molar-refractivity contribution in [1.29, 1.82) is 0 Å². The summed E-state index contributed by atoms with van der Waals surface area (Å²) in [6.45, 7) is 5.06. The molecule has 1 aromatic heterocycles. The van der Waals surface area contributed by atoms with Gasteiger partial charge in [0.25, 0.3) is 0 Å². The van der Waals surface area contributed by atoms with Crippen LogP contribution < -0.4 is 0 Å². The molecule has 0 bridgehead atoms. The van der Waals surface area contributed by atoms with E-state index in [1.54, 1.807) is 6.92 Å². The SMILES string of the molecule is [CH2]C(O)Cn1c([N+](=O)[O-])cnc1C. The van der Waals surface area contributed by atoms with Crippen LogP contribution in [0.3, 0.4) is 0 Å². The molecule has 6 nitrogen and oxygen atoms in total. The van der Waals surface area contributed by atoms with Crippen LogP contribution in [0.15, 0.2) is 6.20 Å². The lowest BCUT2D eigenvalue weighted by Crippen LogP contribution is -2.15. The van der Waals surface area contributed by atoms with Gasteiger partial charge in [0.2, 0.25) is 0 Å². The molecule has 0 aliphatic rings. The van der Waals surface area contributed by atoms with Crippen molar-refractivity contribution < 1.29 is 10.0 Å². The lowest BCUT2D eigenvalue weighted by Gasteiger charge is -2.03. The van der Waals surface area contributed by atoms with Gasteiger partial charge in [-0.05, 0) is 11.8 Å². The first-order valence-corrected chi connectivity index (χ1v) is 3.70. The summed E-state index contributed by atoms with van der Waals surface area (Å²) < 4.78 is 1.32. The van der Waals surface area contributed by atoms with E-state index in [9.17, 15) is 10.1 Å². The highest BCUT2D eigenvalue weighted by atomic mass is 16.6. The minimum atomic E-state index is -0.869. The minimum Gasteiger partial charge on any atom is -0.389 e. The third-order valence-corrected chi connectivity index (χ3v) is 1.61. The molecule has 1 N–H and O–H groups in total. The fraction of sp³-hybridized carbons (Fsp3) is 0.429. The van der Waals surface area contributed by atoms with Gasteiger partial charge in [-0.3, -0.25) is 0 Å². The summed E-state index contributed by atoms with van der Waals surface area (Å²) in [5.41, 5.74) is 0. The number of hydrogen-bond donors (Lipinski definition) is 1. The van der Waals surface area contributed by atoms with Gasteiger partial charge in [-0.2, -0.15) is 0 Å². The summed E-state index contributed by atoms with van der Waals surface area (Å²) in [6.07, 6.45) is 0.296. The maximum Gasteiger partial charge on any atom is 0.342 e. The van der Waals surface area contributed by atoms with Gasteiger partial charge in [-0.1, -0.05) is 0 Å². The van der Waals surface area contributed by atoms with Crippen LogP contribution in [0.5, 0.6) is 0 Å². The molecule has 0 aromatic carbocycles. The Hall–Kier alpha value is -1.43. The highest BCUT2D eigenvalue weighted by Crippen LogP contribution is 2.13. The summed E-state index contributed by atoms with van der Waals surface area (Å²) >= 11 is 0. The van der Waals surface area contributed by atoms with Crippen molar-refractivity contribution in [3.63, 3.8) is 0 Å². The van der Waals surface area contributed by atoms with Crippen molar-refractivity contribution in [1.82, 2.24) is 9.55 Å². The van der Waals surface area contributed by atoms with Crippen LogP contribution >= 0.6 is 0 Å². The van der Waals surface area contributed by atoms with E-state index in [1.807, 2.05) is 0 Å². The van der Waals surface area contributed by atoms with E-state index in [0.29, 0.717) is 5.82 Å². The third kappa shape index (κ3) is 2.03. The molecule has 1 atom stereocenters. The van der Waals surface area contributed by atoms with Gasteiger partial charge < -0.3 is 15.2 Å². The molecule has 1 unspecified atom stereocenters. The van der Waals surface area contributed by atoms with Crippen LogP contribution in [0, 0.1) is 24.0 Å². The molecule has 0 spiro atoms. The number of hydrogen-bond acceptors (Lipinski definition) is 4. The highest BCUT2D eigenvalue weighted by molar-refractivity contribution is 5.18. The van der Waals surface area contributed by atoms with Crippen molar-refractivity contribution in [2.24, 2.45) is 0 Å². The lowest BCUT2D eigenvalue weighted by molar-refractivity contribution is -0.392. The smallest absolute Gasteiger partial charge is 0.342 e. The number of nitrogens with zero attached hydrogens (tertiary/aromatic N) is 3. The molecule has 0 amide bonds. The first-order chi connectivity index (χ1) is 6.02. The quantitative estimate of drug-likeness (QED) is 0.541. The van der Waals surface area contributed by atoms with Crippen LogP contribution in [-0.4, -0.2) is 25.7 Å². The number of imidazole rings is 1. The van der Waals surface area contributed by atoms with Crippen molar-refractivity contribution in [2.75, 3.05) is 0 Å². The fourth-order valence-corrected chi connectivity index (χ4v) is 1.04. The van der Waals surface area contributed by atoms with Crippen LogP contribution in [0.2, 0.25) is 0 Å². The Morgan fingerprint density at radius 3 is 3.00 bits per heavy atom. The average molecular weight is 184 g/mol. The third-order valence-electron chi connectivity index (χ3n) is 1.61. The van der Waals surface area contributed by atoms with E-state index in [0.717, 1.165) is 6.20 Å². The first kappa shape index (κ1) is 9.66. The minimum absolute atomic E-state index is 0.0855. The fourth-order valence-electron chi connectivity index (χ4n) is 1.04. The number of aryl methyl sites for hydroxylation is 1. The van der Waals surface area contributed by atoms with Crippen LogP contribution in [0.4, 0.5) is 5.82 Å². The van der Waals surface area contributed by atoms with Crippen LogP contribution in [-0.2, 0) is 6.54 Å². The van der Waals surface area contributed by atoms with Gasteiger partial charge in [0.15, 0.2) is 5.82 Å². The Labute approximate surface area is 75.0 Å². The summed E-state index contributed by atoms with van der Waals surface area (Å²) in [4.78, 5) is 13.7. The van der Waals surface area contributed by atoms with E-state index >= 15 is 0 Å². The largest absolute Gasteiger partial charge is 0.389 e. The van der Waals surface area contributed by atoms with Crippen LogP contribution in [0.25, 0.3) is 0 Å². The second-order valence-corrected chi connectivity index (χ2v) is 2.69. The van der Waals surface area contributed by atoms with Crippen molar-refractivity contribution >= 4 is 5.82 Å². The summed E-state index contributed by atoms with van der Waals surface area (Å²) in [6, 6.07) is 0. The van der Waals surface area contributed by atoms with Crippen molar-refractivity contribution in [2.45, 2.75) is 19.6 Å². The standard InChI is InChI=1S/C7H10N3O3/c1-5(11)4-9-6(2)8-3-7(9)10(12)13/h3,5,11H,1,4H2,2H3. The van der Waals surface area contributed by atoms with E-state index in [2.05, 4.69) is 11.9 Å². The van der Waals surface area contributed by atoms with Gasteiger partial charge >= 0.3 is 5.82 Å². The molecule has 1 rings (SSSR count). The highest BCUT2D eigenvalue weighted by Gasteiger charge is 2.18. The zero-order valence-corrected chi connectivity index (χ0v) is 7.17. The Kier molecular flexibility index (Phi) is 2.62. The molecule has 1 radical (unpaired) electrons. The van der Waals surface area contributed by atoms with Gasteiger partial charge in [0, 0.05) is 6.92 Å². The van der Waals surface area contributed by atoms with E-state index in [1.165, 1.54) is 4.57 Å². The maximum absolute atomic E-state index is 10.5. The van der Waals surface area contributed by atoms with Crippen molar-refractivity contribution in [3.8, 4) is 0 Å². The van der Waals surface area contributed by atoms with E-state index in [4.69, 9.17) is 5.11 Å². The molecule has 0 fully saturated rings. The first-order valence-electron chi connectivity index (χ1n) is 3.70. The number of aromatic nitrogens is 2. The van der Waals surface area contributed by atoms with Crippen molar-refractivity contribution in [3.05, 3.63) is 29.1 Å². The molecule has 0 saturated heterocycles. The van der Waals surface area contributed by atoms with E-state index < -0.39 is 11.0 Å². The predicted molar refractivity (Wildman–Crippen MR) is 45.0 cm³/mol. The molecule has 0 aliphatic carbocycles. The Morgan fingerprint density at radius 2 is 2.54 bits per heavy atom. The number of nitro groups is 1. The monoisotopic (exact) mass is 184 g/mol. The molecule has 1 aromatic rings. The Balaban J connectivity index is 3.01. The average Bonchev–Trinajstić information content (AvgIpc) is 2.32.